The van der Waals surface area contributed by atoms with Gasteiger partial charge in [0.05, 0.1) is 5.52 Å². The third-order valence-electron chi connectivity index (χ3n) is 9.31. The van der Waals surface area contributed by atoms with E-state index in [1.165, 1.54) is 55.7 Å². The van der Waals surface area contributed by atoms with Crippen LogP contribution in [0, 0.1) is 17.0 Å². The summed E-state index contributed by atoms with van der Waals surface area (Å²) >= 11 is 0. The zero-order valence-electron chi connectivity index (χ0n) is 24.2. The quantitative estimate of drug-likeness (QED) is 0.209. The predicted octanol–water partition coefficient (Wildman–Crippen LogP) is 6.67. The average Bonchev–Trinajstić information content (AvgIpc) is 3.94. The van der Waals surface area contributed by atoms with Gasteiger partial charge >= 0.3 is 0 Å². The normalized spacial score (nSPS) is 19.5. The second-order valence-corrected chi connectivity index (χ2v) is 12.1. The van der Waals surface area contributed by atoms with E-state index >= 15 is 4.39 Å². The summed E-state index contributed by atoms with van der Waals surface area (Å²) in [6.45, 7) is 0.619. The van der Waals surface area contributed by atoms with Gasteiger partial charge in [-0.1, -0.05) is 0 Å². The fourth-order valence-electron chi connectivity index (χ4n) is 6.10. The van der Waals surface area contributed by atoms with Crippen LogP contribution in [0.25, 0.3) is 10.9 Å². The molecule has 0 bridgehead atoms. The van der Waals surface area contributed by atoms with E-state index in [2.05, 4.69) is 27.6 Å². The average molecular weight is 599 g/mol. The molecular weight excluding hydrogens is 566 g/mol. The predicted molar refractivity (Wildman–Crippen MR) is 162 cm³/mol. The van der Waals surface area contributed by atoms with Crippen LogP contribution >= 0.6 is 0 Å². The molecule has 0 radical (unpaired) electrons. The fourth-order valence-corrected chi connectivity index (χ4v) is 6.10. The third-order valence-corrected chi connectivity index (χ3v) is 9.31. The van der Waals surface area contributed by atoms with Gasteiger partial charge < -0.3 is 20.1 Å². The standard InChI is InChI=1S/C34H32F2N4O4/c1-40-24(10-12-33(40)13-14-33)20-43-25-7-8-26-28(19-25)37-17-11-29(26)44-30-9-6-23(18-27(30)36)39-32(42)34(15-16-34)31(41)38-22-4-2-21(35)3-5-22/h2-9,11,17-19,24H,10,12-16,20H2,1H3,(H,38,41)(H,39,42)/t24-/m0/s1. The first kappa shape index (κ1) is 28.2. The molecule has 2 saturated carbocycles. The minimum Gasteiger partial charge on any atom is -0.492 e. The van der Waals surface area contributed by atoms with Crippen LogP contribution in [0.5, 0.6) is 17.2 Å². The zero-order chi connectivity index (χ0) is 30.5. The van der Waals surface area contributed by atoms with Crippen LogP contribution in [-0.4, -0.2) is 46.9 Å². The number of benzene rings is 3. The van der Waals surface area contributed by atoms with Gasteiger partial charge in [0.2, 0.25) is 11.8 Å². The number of hydrogen-bond acceptors (Lipinski definition) is 6. The van der Waals surface area contributed by atoms with Gasteiger partial charge in [-0.3, -0.25) is 19.5 Å². The summed E-state index contributed by atoms with van der Waals surface area (Å²) in [5, 5.41) is 6.01. The molecule has 1 saturated heterocycles. The molecular formula is C34H32F2N4O4. The molecule has 8 nitrogen and oxygen atoms in total. The molecule has 1 spiro atoms. The molecule has 3 aliphatic rings. The molecule has 226 valence electrons. The van der Waals surface area contributed by atoms with Gasteiger partial charge in [-0.15, -0.1) is 0 Å². The highest BCUT2D eigenvalue weighted by molar-refractivity contribution is 6.16. The van der Waals surface area contributed by atoms with E-state index in [4.69, 9.17) is 9.47 Å². The van der Waals surface area contributed by atoms with Crippen molar-refractivity contribution in [3.05, 3.63) is 84.6 Å². The smallest absolute Gasteiger partial charge is 0.240 e. The van der Waals surface area contributed by atoms with Gasteiger partial charge in [0.1, 0.15) is 29.3 Å². The number of nitrogens with one attached hydrogen (secondary N) is 2. The number of aromatic nitrogens is 1. The van der Waals surface area contributed by atoms with E-state index in [1.807, 2.05) is 18.2 Å². The van der Waals surface area contributed by atoms with Crippen molar-refractivity contribution in [1.29, 1.82) is 0 Å². The lowest BCUT2D eigenvalue weighted by atomic mass is 10.0. The molecule has 2 aliphatic carbocycles. The number of likely N-dealkylation sites (tertiary alicyclic amines) is 1. The summed E-state index contributed by atoms with van der Waals surface area (Å²) in [6.07, 6.45) is 7.24. The molecule has 2 amide bonds. The number of carbonyl (C=O) groups excluding carboxylic acids is 2. The summed E-state index contributed by atoms with van der Waals surface area (Å²) in [4.78, 5) is 32.8. The lowest BCUT2D eigenvalue weighted by molar-refractivity contribution is -0.131. The van der Waals surface area contributed by atoms with Crippen molar-refractivity contribution in [2.45, 2.75) is 50.1 Å². The number of nitrogens with zero attached hydrogens (tertiary/aromatic N) is 2. The van der Waals surface area contributed by atoms with Crippen molar-refractivity contribution in [1.82, 2.24) is 9.88 Å². The monoisotopic (exact) mass is 598 g/mol. The maximum absolute atomic E-state index is 15.2. The van der Waals surface area contributed by atoms with Gasteiger partial charge in [-0.05, 0) is 100 Å². The number of likely N-dealkylation sites (N-methyl/N-ethyl adjacent to an activating group) is 1. The summed E-state index contributed by atoms with van der Waals surface area (Å²) in [5.74, 6) is -1.00. The van der Waals surface area contributed by atoms with Crippen molar-refractivity contribution in [2.24, 2.45) is 5.41 Å². The Kier molecular flexibility index (Phi) is 6.96. The highest BCUT2D eigenvalue weighted by Gasteiger charge is 2.56. The number of carbonyl (C=O) groups is 2. The van der Waals surface area contributed by atoms with Crippen molar-refractivity contribution in [3.8, 4) is 17.2 Å². The lowest BCUT2D eigenvalue weighted by Gasteiger charge is -2.25. The number of hydrogen-bond donors (Lipinski definition) is 2. The minimum absolute atomic E-state index is 0.0238. The van der Waals surface area contributed by atoms with E-state index in [9.17, 15) is 14.0 Å². The van der Waals surface area contributed by atoms with Gasteiger partial charge in [-0.2, -0.15) is 0 Å². The number of ether oxygens (including phenoxy) is 2. The van der Waals surface area contributed by atoms with E-state index in [1.54, 1.807) is 12.3 Å². The summed E-state index contributed by atoms with van der Waals surface area (Å²) in [7, 11) is 2.19. The minimum atomic E-state index is -1.26. The Morgan fingerprint density at radius 1 is 0.886 bits per heavy atom. The topological polar surface area (TPSA) is 92.8 Å². The second kappa shape index (κ2) is 10.9. The van der Waals surface area contributed by atoms with Crippen LogP contribution in [-0.2, 0) is 9.59 Å². The van der Waals surface area contributed by atoms with E-state index in [-0.39, 0.29) is 11.4 Å². The molecule has 3 aromatic carbocycles. The van der Waals surface area contributed by atoms with E-state index < -0.39 is 28.9 Å². The van der Waals surface area contributed by atoms with Crippen LogP contribution in [0.2, 0.25) is 0 Å². The van der Waals surface area contributed by atoms with Crippen LogP contribution < -0.4 is 20.1 Å². The SMILES string of the molecule is CN1[C@H](COc2ccc3c(Oc4ccc(NC(=O)C5(C(=O)Nc6ccc(F)cc6)CC5)cc4F)ccnc3c2)CCC12CC2. The Balaban J connectivity index is 0.994. The van der Waals surface area contributed by atoms with Crippen LogP contribution in [0.4, 0.5) is 20.2 Å². The first-order valence-corrected chi connectivity index (χ1v) is 14.9. The number of amides is 2. The molecule has 2 N–H and O–H groups in total. The molecule has 1 atom stereocenters. The molecule has 3 fully saturated rings. The number of pyridine rings is 1. The van der Waals surface area contributed by atoms with Gasteiger partial charge in [0.25, 0.3) is 0 Å². The molecule has 0 unspecified atom stereocenters. The lowest BCUT2D eigenvalue weighted by Crippen LogP contribution is -2.37. The molecule has 7 rings (SSSR count). The number of anilines is 2. The summed E-state index contributed by atoms with van der Waals surface area (Å²) in [5.41, 5.74) is 0.398. The van der Waals surface area contributed by atoms with Crippen molar-refractivity contribution in [3.63, 3.8) is 0 Å². The summed E-state index contributed by atoms with van der Waals surface area (Å²) in [6, 6.07) is 17.0. The van der Waals surface area contributed by atoms with Crippen molar-refractivity contribution in [2.75, 3.05) is 24.3 Å². The van der Waals surface area contributed by atoms with Crippen molar-refractivity contribution < 1.29 is 27.8 Å². The van der Waals surface area contributed by atoms with Crippen LogP contribution in [0.1, 0.15) is 38.5 Å². The largest absolute Gasteiger partial charge is 0.492 e. The van der Waals surface area contributed by atoms with Crippen LogP contribution in [0.3, 0.4) is 0 Å². The second-order valence-electron chi connectivity index (χ2n) is 12.1. The molecule has 2 heterocycles. The van der Waals surface area contributed by atoms with Gasteiger partial charge in [0, 0.05) is 46.7 Å². The highest BCUT2D eigenvalue weighted by Crippen LogP contribution is 2.51. The third kappa shape index (κ3) is 5.34. The Morgan fingerprint density at radius 3 is 2.30 bits per heavy atom. The summed E-state index contributed by atoms with van der Waals surface area (Å²) < 4.78 is 40.4. The molecule has 1 aromatic heterocycles. The molecule has 10 heteroatoms. The number of halogens is 2. The Labute approximate surface area is 253 Å². The fraction of sp³-hybridized carbons (Fsp3) is 0.324. The van der Waals surface area contributed by atoms with Crippen molar-refractivity contribution >= 4 is 34.1 Å². The highest BCUT2D eigenvalue weighted by atomic mass is 19.1. The first-order valence-electron chi connectivity index (χ1n) is 14.9. The Hall–Kier alpha value is -4.57. The maximum Gasteiger partial charge on any atom is 0.240 e. The van der Waals surface area contributed by atoms with Crippen LogP contribution in [0.15, 0.2) is 72.9 Å². The van der Waals surface area contributed by atoms with E-state index in [0.29, 0.717) is 53.4 Å². The molecule has 1 aliphatic heterocycles. The number of fused-ring (bicyclic) bond motifs is 1. The van der Waals surface area contributed by atoms with E-state index in [0.717, 1.165) is 18.2 Å². The first-order chi connectivity index (χ1) is 21.2. The Morgan fingerprint density at radius 2 is 1.61 bits per heavy atom. The Bertz CT molecular complexity index is 1750. The molecule has 4 aromatic rings. The molecule has 44 heavy (non-hydrogen) atoms. The zero-order valence-corrected chi connectivity index (χ0v) is 24.2. The maximum atomic E-state index is 15.2. The van der Waals surface area contributed by atoms with Gasteiger partial charge in [-0.25, -0.2) is 8.78 Å². The number of rotatable bonds is 9. The van der Waals surface area contributed by atoms with Gasteiger partial charge in [0.15, 0.2) is 11.6 Å².